The molecule has 0 radical (unpaired) electrons. The second-order valence-electron chi connectivity index (χ2n) is 4.95. The van der Waals surface area contributed by atoms with Crippen molar-refractivity contribution >= 4 is 17.7 Å². The van der Waals surface area contributed by atoms with Crippen LogP contribution in [-0.4, -0.2) is 22.7 Å². The summed E-state index contributed by atoms with van der Waals surface area (Å²) >= 11 is 0. The van der Waals surface area contributed by atoms with Crippen molar-refractivity contribution in [2.75, 3.05) is 0 Å². The molecule has 0 saturated carbocycles. The third-order valence-corrected chi connectivity index (χ3v) is 3.13. The second kappa shape index (κ2) is 7.79. The van der Waals surface area contributed by atoms with Gasteiger partial charge >= 0.3 is 0 Å². The molecule has 2 rings (SSSR count). The van der Waals surface area contributed by atoms with Crippen molar-refractivity contribution in [3.63, 3.8) is 0 Å². The molecule has 7 nitrogen and oxygen atoms in total. The first-order chi connectivity index (χ1) is 11.1. The molecule has 7 heteroatoms. The fourth-order valence-corrected chi connectivity index (χ4v) is 2.08. The smallest absolute Gasteiger partial charge is 0.286 e. The van der Waals surface area contributed by atoms with Crippen LogP contribution in [0.3, 0.4) is 0 Å². The van der Waals surface area contributed by atoms with E-state index in [1.807, 2.05) is 30.3 Å². The Morgan fingerprint density at radius 2 is 1.78 bits per heavy atom. The number of carbonyl (C=O) groups excluding carboxylic acids is 3. The molecule has 0 bridgehead atoms. The van der Waals surface area contributed by atoms with Crippen LogP contribution in [0.5, 0.6) is 0 Å². The average molecular weight is 314 g/mol. The Labute approximate surface area is 133 Å². The maximum Gasteiger partial charge on any atom is 0.286 e. The van der Waals surface area contributed by atoms with Gasteiger partial charge in [-0.15, -0.1) is 0 Å². The number of hydrogen-bond acceptors (Lipinski definition) is 3. The summed E-state index contributed by atoms with van der Waals surface area (Å²) in [6.07, 6.45) is 1.62. The van der Waals surface area contributed by atoms with E-state index in [4.69, 9.17) is 0 Å². The molecule has 0 spiro atoms. The Kier molecular flexibility index (Phi) is 5.51. The van der Waals surface area contributed by atoms with E-state index < -0.39 is 17.9 Å². The van der Waals surface area contributed by atoms with Gasteiger partial charge in [-0.1, -0.05) is 30.3 Å². The van der Waals surface area contributed by atoms with Crippen LogP contribution in [0.15, 0.2) is 48.7 Å². The van der Waals surface area contributed by atoms with E-state index >= 15 is 0 Å². The van der Waals surface area contributed by atoms with Gasteiger partial charge in [-0.2, -0.15) is 0 Å². The Bertz CT molecular complexity index is 668. The number of amides is 3. The van der Waals surface area contributed by atoms with Crippen LogP contribution in [0.2, 0.25) is 0 Å². The monoisotopic (exact) mass is 314 g/mol. The molecule has 1 unspecified atom stereocenters. The number of carbonyl (C=O) groups is 3. The molecule has 1 atom stereocenters. The molecule has 2 aromatic rings. The molecular weight excluding hydrogens is 296 g/mol. The average Bonchev–Trinajstić information content (AvgIpc) is 3.07. The number of benzene rings is 1. The Morgan fingerprint density at radius 3 is 2.39 bits per heavy atom. The topological polar surface area (TPSA) is 103 Å². The highest BCUT2D eigenvalue weighted by Gasteiger charge is 2.17. The fraction of sp³-hybridized carbons (Fsp3) is 0.188. The lowest BCUT2D eigenvalue weighted by Gasteiger charge is -2.18. The predicted octanol–water partition coefficient (Wildman–Crippen LogP) is 1.04. The molecule has 1 aromatic carbocycles. The van der Waals surface area contributed by atoms with Gasteiger partial charge in [-0.3, -0.25) is 25.2 Å². The fourth-order valence-electron chi connectivity index (χ4n) is 2.08. The number of aromatic amines is 1. The molecule has 0 aliphatic rings. The molecule has 1 heterocycles. The second-order valence-corrected chi connectivity index (χ2v) is 4.95. The van der Waals surface area contributed by atoms with Gasteiger partial charge in [0, 0.05) is 13.1 Å². The van der Waals surface area contributed by atoms with Crippen molar-refractivity contribution < 1.29 is 14.4 Å². The van der Waals surface area contributed by atoms with E-state index in [0.717, 1.165) is 5.56 Å². The highest BCUT2D eigenvalue weighted by molar-refractivity contribution is 5.93. The van der Waals surface area contributed by atoms with Crippen LogP contribution in [-0.2, 0) is 9.59 Å². The van der Waals surface area contributed by atoms with Gasteiger partial charge in [0.1, 0.15) is 5.69 Å². The summed E-state index contributed by atoms with van der Waals surface area (Å²) in [5.41, 5.74) is 5.80. The third kappa shape index (κ3) is 4.99. The first-order valence-electron chi connectivity index (χ1n) is 7.11. The van der Waals surface area contributed by atoms with E-state index in [9.17, 15) is 14.4 Å². The highest BCUT2D eigenvalue weighted by atomic mass is 16.2. The first-order valence-corrected chi connectivity index (χ1v) is 7.11. The molecule has 0 aliphatic carbocycles. The van der Waals surface area contributed by atoms with Gasteiger partial charge in [0.05, 0.1) is 12.5 Å². The van der Waals surface area contributed by atoms with Gasteiger partial charge in [0.25, 0.3) is 5.91 Å². The molecule has 0 fully saturated rings. The number of hydrogen-bond donors (Lipinski definition) is 4. The zero-order valence-corrected chi connectivity index (χ0v) is 12.6. The van der Waals surface area contributed by atoms with Crippen LogP contribution in [0.25, 0.3) is 0 Å². The van der Waals surface area contributed by atoms with Crippen LogP contribution in [0, 0.1) is 0 Å². The largest absolute Gasteiger partial charge is 0.357 e. The predicted molar refractivity (Wildman–Crippen MR) is 84.0 cm³/mol. The Balaban J connectivity index is 1.92. The maximum absolute atomic E-state index is 12.0. The molecular formula is C16H18N4O3. The van der Waals surface area contributed by atoms with Crippen LogP contribution < -0.4 is 16.2 Å². The third-order valence-electron chi connectivity index (χ3n) is 3.13. The Morgan fingerprint density at radius 1 is 1.04 bits per heavy atom. The standard InChI is InChI=1S/C16H18N4O3/c1-11(21)18-14(12-6-3-2-4-7-12)10-15(22)19-20-16(23)13-8-5-9-17-13/h2-9,14,17H,10H2,1H3,(H,18,21)(H,19,22)(H,20,23). The summed E-state index contributed by atoms with van der Waals surface area (Å²) in [6.45, 7) is 1.39. The minimum atomic E-state index is -0.462. The van der Waals surface area contributed by atoms with E-state index in [1.54, 1.807) is 18.3 Å². The molecule has 1 aromatic heterocycles. The molecule has 4 N–H and O–H groups in total. The van der Waals surface area contributed by atoms with E-state index in [0.29, 0.717) is 5.69 Å². The van der Waals surface area contributed by atoms with Crippen molar-refractivity contribution in [3.05, 3.63) is 59.9 Å². The maximum atomic E-state index is 12.0. The van der Waals surface area contributed by atoms with E-state index in [-0.39, 0.29) is 12.3 Å². The summed E-state index contributed by atoms with van der Waals surface area (Å²) in [7, 11) is 0. The van der Waals surface area contributed by atoms with E-state index in [2.05, 4.69) is 21.2 Å². The van der Waals surface area contributed by atoms with Gasteiger partial charge in [-0.05, 0) is 17.7 Å². The molecule has 3 amide bonds. The van der Waals surface area contributed by atoms with Gasteiger partial charge in [-0.25, -0.2) is 0 Å². The van der Waals surface area contributed by atoms with E-state index in [1.165, 1.54) is 6.92 Å². The van der Waals surface area contributed by atoms with Crippen molar-refractivity contribution in [3.8, 4) is 0 Å². The number of hydrazine groups is 1. The summed E-state index contributed by atoms with van der Waals surface area (Å²) in [6, 6.07) is 12.0. The molecule has 0 saturated heterocycles. The normalized spacial score (nSPS) is 11.3. The minimum absolute atomic E-state index is 0.00853. The van der Waals surface area contributed by atoms with Crippen LogP contribution in [0.1, 0.15) is 35.4 Å². The molecule has 120 valence electrons. The van der Waals surface area contributed by atoms with Crippen LogP contribution in [0.4, 0.5) is 0 Å². The number of aromatic nitrogens is 1. The summed E-state index contributed by atoms with van der Waals surface area (Å²) < 4.78 is 0. The van der Waals surface area contributed by atoms with Crippen molar-refractivity contribution in [1.82, 2.24) is 21.2 Å². The van der Waals surface area contributed by atoms with Gasteiger partial charge < -0.3 is 10.3 Å². The number of rotatable bonds is 5. The van der Waals surface area contributed by atoms with Crippen molar-refractivity contribution in [1.29, 1.82) is 0 Å². The SMILES string of the molecule is CC(=O)NC(CC(=O)NNC(=O)c1ccc[nH]1)c1ccccc1. The molecule has 23 heavy (non-hydrogen) atoms. The minimum Gasteiger partial charge on any atom is -0.357 e. The van der Waals surface area contributed by atoms with Crippen molar-refractivity contribution in [2.45, 2.75) is 19.4 Å². The summed E-state index contributed by atoms with van der Waals surface area (Å²) in [5.74, 6) is -1.09. The van der Waals surface area contributed by atoms with Crippen LogP contribution >= 0.6 is 0 Å². The zero-order valence-electron chi connectivity index (χ0n) is 12.6. The van der Waals surface area contributed by atoms with Gasteiger partial charge in [0.15, 0.2) is 0 Å². The van der Waals surface area contributed by atoms with Gasteiger partial charge in [0.2, 0.25) is 11.8 Å². The number of H-pyrrole nitrogens is 1. The quantitative estimate of drug-likeness (QED) is 0.620. The first kappa shape index (κ1) is 16.3. The molecule has 0 aliphatic heterocycles. The summed E-state index contributed by atoms with van der Waals surface area (Å²) in [4.78, 5) is 37.8. The lowest BCUT2D eigenvalue weighted by atomic mass is 10.0. The highest BCUT2D eigenvalue weighted by Crippen LogP contribution is 2.16. The number of nitrogens with one attached hydrogen (secondary N) is 4. The lowest BCUT2D eigenvalue weighted by molar-refractivity contribution is -0.123. The summed E-state index contributed by atoms with van der Waals surface area (Å²) in [5, 5.41) is 2.72. The Hall–Kier alpha value is -3.09. The van der Waals surface area contributed by atoms with Crippen molar-refractivity contribution in [2.24, 2.45) is 0 Å². The zero-order chi connectivity index (χ0) is 16.7. The lowest BCUT2D eigenvalue weighted by Crippen LogP contribution is -2.43.